The van der Waals surface area contributed by atoms with Gasteiger partial charge in [0, 0.05) is 0 Å². The number of benzene rings is 2. The lowest BCUT2D eigenvalue weighted by Gasteiger charge is -2.05. The Morgan fingerprint density at radius 3 is 1.68 bits per heavy atom. The molecule has 2 rings (SSSR count). The Labute approximate surface area is 152 Å². The molecule has 5 nitrogen and oxygen atoms in total. The summed E-state index contributed by atoms with van der Waals surface area (Å²) in [4.78, 5) is 17.8. The van der Waals surface area contributed by atoms with E-state index in [0.717, 1.165) is 10.8 Å². The molecule has 0 unspecified atom stereocenters. The van der Waals surface area contributed by atoms with Crippen molar-refractivity contribution >= 4 is 22.7 Å². The molecule has 2 aromatic carbocycles. The highest BCUT2D eigenvalue weighted by atomic mass is 19.4. The number of phenolic OH excluding ortho intramolecular Hbond substituents is 1. The van der Waals surface area contributed by atoms with Crippen LogP contribution in [0, 0.1) is 5.82 Å². The van der Waals surface area contributed by atoms with Crippen molar-refractivity contribution in [2.45, 2.75) is 25.7 Å². The van der Waals surface area contributed by atoms with Crippen LogP contribution < -0.4 is 0 Å². The van der Waals surface area contributed by atoms with Gasteiger partial charge < -0.3 is 15.3 Å². The minimum atomic E-state index is -5.08. The van der Waals surface area contributed by atoms with Gasteiger partial charge in [0.05, 0.1) is 0 Å². The van der Waals surface area contributed by atoms with E-state index in [1.165, 1.54) is 6.07 Å². The molecular formula is C16H13F7O5. The van der Waals surface area contributed by atoms with Gasteiger partial charge in [-0.15, -0.1) is 0 Å². The largest absolute Gasteiger partial charge is 0.508 e. The highest BCUT2D eigenvalue weighted by molar-refractivity contribution is 5.87. The summed E-state index contributed by atoms with van der Waals surface area (Å²) in [7, 11) is 0. The van der Waals surface area contributed by atoms with Gasteiger partial charge in [0.2, 0.25) is 0 Å². The molecule has 0 spiro atoms. The number of alkyl halides is 6. The number of aromatic hydroxyl groups is 1. The number of aryl methyl sites for hydroxylation is 1. The number of hydrogen-bond donors (Lipinski definition) is 3. The zero-order valence-electron chi connectivity index (χ0n) is 13.9. The maximum atomic E-state index is 13.4. The van der Waals surface area contributed by atoms with Crippen molar-refractivity contribution in [3.63, 3.8) is 0 Å². The van der Waals surface area contributed by atoms with Crippen molar-refractivity contribution < 1.29 is 55.6 Å². The molecule has 0 bridgehead atoms. The molecule has 0 amide bonds. The van der Waals surface area contributed by atoms with Crippen LogP contribution in [0.3, 0.4) is 0 Å². The molecule has 0 fully saturated rings. The Kier molecular flexibility index (Phi) is 8.70. The van der Waals surface area contributed by atoms with Crippen molar-refractivity contribution in [3.05, 3.63) is 41.7 Å². The third kappa shape index (κ3) is 8.10. The fourth-order valence-corrected chi connectivity index (χ4v) is 1.71. The number of hydrogen-bond acceptors (Lipinski definition) is 3. The summed E-state index contributed by atoms with van der Waals surface area (Å²) in [5, 5.41) is 25.3. The number of carbonyl (C=O) groups is 2. The quantitative estimate of drug-likeness (QED) is 0.593. The van der Waals surface area contributed by atoms with Crippen LogP contribution in [0.1, 0.15) is 12.5 Å². The monoisotopic (exact) mass is 418 g/mol. The Morgan fingerprint density at radius 1 is 0.893 bits per heavy atom. The van der Waals surface area contributed by atoms with E-state index in [2.05, 4.69) is 0 Å². The van der Waals surface area contributed by atoms with E-state index in [0.29, 0.717) is 12.0 Å². The number of phenols is 1. The van der Waals surface area contributed by atoms with Crippen LogP contribution >= 0.6 is 0 Å². The Balaban J connectivity index is 0.000000444. The zero-order valence-corrected chi connectivity index (χ0v) is 13.9. The Bertz CT molecular complexity index is 804. The van der Waals surface area contributed by atoms with E-state index in [4.69, 9.17) is 19.8 Å². The molecule has 0 aliphatic rings. The summed E-state index contributed by atoms with van der Waals surface area (Å²) in [6, 6.07) is 8.12. The van der Waals surface area contributed by atoms with Crippen LogP contribution in [0.15, 0.2) is 30.3 Å². The van der Waals surface area contributed by atoms with Gasteiger partial charge in [-0.3, -0.25) is 0 Å². The average molecular weight is 418 g/mol. The molecule has 0 aliphatic heterocycles. The van der Waals surface area contributed by atoms with Crippen molar-refractivity contribution in [1.82, 2.24) is 0 Å². The number of aliphatic carboxylic acids is 2. The van der Waals surface area contributed by atoms with Crippen LogP contribution in [0.25, 0.3) is 10.8 Å². The number of halogens is 7. The fourth-order valence-electron chi connectivity index (χ4n) is 1.71. The number of fused-ring (bicyclic) bond motifs is 1. The van der Waals surface area contributed by atoms with E-state index in [9.17, 15) is 35.8 Å². The third-order valence-electron chi connectivity index (χ3n) is 2.90. The molecule has 3 N–H and O–H groups in total. The normalized spacial score (nSPS) is 11.0. The van der Waals surface area contributed by atoms with Gasteiger partial charge in [0.15, 0.2) is 0 Å². The first-order chi connectivity index (χ1) is 12.6. The fraction of sp³-hybridized carbons (Fsp3) is 0.250. The van der Waals surface area contributed by atoms with Crippen LogP contribution in [0.2, 0.25) is 0 Å². The van der Waals surface area contributed by atoms with Gasteiger partial charge in [0.25, 0.3) is 0 Å². The van der Waals surface area contributed by atoms with Gasteiger partial charge in [-0.05, 0) is 41.0 Å². The summed E-state index contributed by atoms with van der Waals surface area (Å²) in [6.45, 7) is 1.92. The highest BCUT2D eigenvalue weighted by Crippen LogP contribution is 2.25. The summed E-state index contributed by atoms with van der Waals surface area (Å²) in [5.41, 5.74) is 0.711. The Hall–Kier alpha value is -3.05. The van der Waals surface area contributed by atoms with Gasteiger partial charge in [-0.25, -0.2) is 14.0 Å². The van der Waals surface area contributed by atoms with Crippen LogP contribution in [0.4, 0.5) is 30.7 Å². The van der Waals surface area contributed by atoms with Crippen molar-refractivity contribution in [2.24, 2.45) is 0 Å². The van der Waals surface area contributed by atoms with Gasteiger partial charge in [0.1, 0.15) is 11.6 Å². The summed E-state index contributed by atoms with van der Waals surface area (Å²) in [6.07, 6.45) is -9.51. The lowest BCUT2D eigenvalue weighted by molar-refractivity contribution is -0.193. The lowest BCUT2D eigenvalue weighted by Crippen LogP contribution is -2.21. The molecule has 0 atom stereocenters. The molecule has 0 aliphatic carbocycles. The number of carboxylic acids is 2. The average Bonchev–Trinajstić information content (AvgIpc) is 2.54. The summed E-state index contributed by atoms with van der Waals surface area (Å²) < 4.78 is 76.8. The SMILES string of the molecule is CCc1c(F)ccc2cc(O)ccc12.O=C(O)C(F)(F)F.O=C(O)C(F)(F)F. The zero-order chi connectivity index (χ0) is 22.3. The number of carboxylic acid groups (broad SMARTS) is 2. The molecule has 0 heterocycles. The lowest BCUT2D eigenvalue weighted by atomic mass is 10.0. The first-order valence-electron chi connectivity index (χ1n) is 7.11. The van der Waals surface area contributed by atoms with E-state index in [1.807, 2.05) is 6.92 Å². The number of rotatable bonds is 1. The molecule has 0 radical (unpaired) electrons. The van der Waals surface area contributed by atoms with E-state index in [-0.39, 0.29) is 11.6 Å². The van der Waals surface area contributed by atoms with Crippen molar-refractivity contribution in [1.29, 1.82) is 0 Å². The Morgan fingerprint density at radius 2 is 1.32 bits per heavy atom. The molecule has 156 valence electrons. The van der Waals surface area contributed by atoms with Gasteiger partial charge >= 0.3 is 24.3 Å². The van der Waals surface area contributed by atoms with E-state index in [1.54, 1.807) is 24.3 Å². The predicted molar refractivity (Wildman–Crippen MR) is 82.3 cm³/mol. The molecule has 0 saturated heterocycles. The van der Waals surface area contributed by atoms with Gasteiger partial charge in [-0.1, -0.05) is 19.1 Å². The molecule has 28 heavy (non-hydrogen) atoms. The second kappa shape index (κ2) is 9.76. The second-order valence-corrected chi connectivity index (χ2v) is 4.89. The summed E-state index contributed by atoms with van der Waals surface area (Å²) >= 11 is 0. The first-order valence-corrected chi connectivity index (χ1v) is 7.11. The minimum Gasteiger partial charge on any atom is -0.508 e. The first kappa shape index (κ1) is 24.9. The van der Waals surface area contributed by atoms with Crippen molar-refractivity contribution in [3.8, 4) is 5.75 Å². The van der Waals surface area contributed by atoms with E-state index < -0.39 is 24.3 Å². The van der Waals surface area contributed by atoms with Crippen molar-refractivity contribution in [2.75, 3.05) is 0 Å². The van der Waals surface area contributed by atoms with Gasteiger partial charge in [-0.2, -0.15) is 26.3 Å². The van der Waals surface area contributed by atoms with Crippen LogP contribution in [-0.4, -0.2) is 39.6 Å². The minimum absolute atomic E-state index is 0.175. The molecular weight excluding hydrogens is 405 g/mol. The smallest absolute Gasteiger partial charge is 0.490 e. The predicted octanol–water partition coefficient (Wildman–Crippen LogP) is 4.51. The topological polar surface area (TPSA) is 94.8 Å². The summed E-state index contributed by atoms with van der Waals surface area (Å²) in [5.74, 6) is -5.48. The van der Waals surface area contributed by atoms with Crippen LogP contribution in [0.5, 0.6) is 5.75 Å². The second-order valence-electron chi connectivity index (χ2n) is 4.89. The standard InChI is InChI=1S/C12H11FO.2C2HF3O2/c1-2-10-11-5-4-9(14)7-8(11)3-6-12(10)13;2*3-2(4,5)1(6)7/h3-7,14H,2H2,1H3;2*(H,6,7). The molecule has 2 aromatic rings. The molecule has 12 heteroatoms. The molecule has 0 aromatic heterocycles. The third-order valence-corrected chi connectivity index (χ3v) is 2.90. The maximum absolute atomic E-state index is 13.4. The maximum Gasteiger partial charge on any atom is 0.490 e. The highest BCUT2D eigenvalue weighted by Gasteiger charge is 2.38. The van der Waals surface area contributed by atoms with E-state index >= 15 is 0 Å². The molecule has 0 saturated carbocycles. The van der Waals surface area contributed by atoms with Crippen LogP contribution in [-0.2, 0) is 16.0 Å².